The van der Waals surface area contributed by atoms with E-state index >= 15 is 0 Å². The third-order valence-corrected chi connectivity index (χ3v) is 5.21. The molecular weight excluding hydrogens is 322 g/mol. The third-order valence-electron chi connectivity index (χ3n) is 4.98. The molecule has 4 nitrogen and oxygen atoms in total. The van der Waals surface area contributed by atoms with Gasteiger partial charge < -0.3 is 5.32 Å². The lowest BCUT2D eigenvalue weighted by atomic mass is 9.93. The molecule has 0 saturated carbocycles. The number of hydrazine groups is 1. The number of amides is 1. The highest BCUT2D eigenvalue weighted by Crippen LogP contribution is 2.32. The maximum absolute atomic E-state index is 12.9. The quantitative estimate of drug-likeness (QED) is 0.804. The van der Waals surface area contributed by atoms with Crippen molar-refractivity contribution in [1.82, 2.24) is 16.2 Å². The summed E-state index contributed by atoms with van der Waals surface area (Å²) in [5.74, 6) is -0.0737. The SMILES string of the molecule is O=C(NC1CCc2ccccc21)C1CNNC1c1cccc(Cl)c1. The van der Waals surface area contributed by atoms with Gasteiger partial charge >= 0.3 is 0 Å². The normalized spacial score (nSPS) is 25.5. The average Bonchev–Trinajstić information content (AvgIpc) is 3.22. The van der Waals surface area contributed by atoms with Crippen LogP contribution in [0.3, 0.4) is 0 Å². The summed E-state index contributed by atoms with van der Waals surface area (Å²) in [4.78, 5) is 12.9. The molecule has 3 N–H and O–H groups in total. The Labute approximate surface area is 146 Å². The summed E-state index contributed by atoms with van der Waals surface area (Å²) in [7, 11) is 0. The Balaban J connectivity index is 1.50. The Hall–Kier alpha value is -1.88. The van der Waals surface area contributed by atoms with E-state index in [2.05, 4.69) is 34.4 Å². The predicted octanol–water partition coefficient (Wildman–Crippen LogP) is 2.91. The zero-order valence-corrected chi connectivity index (χ0v) is 14.0. The summed E-state index contributed by atoms with van der Waals surface area (Å²) >= 11 is 6.10. The molecule has 1 amide bonds. The molecule has 1 saturated heterocycles. The summed E-state index contributed by atoms with van der Waals surface area (Å²) < 4.78 is 0. The Morgan fingerprint density at radius 3 is 2.92 bits per heavy atom. The third kappa shape index (κ3) is 2.93. The van der Waals surface area contributed by atoms with Gasteiger partial charge in [0.05, 0.1) is 18.0 Å². The first kappa shape index (κ1) is 15.6. The second kappa shape index (κ2) is 6.55. The van der Waals surface area contributed by atoms with Gasteiger partial charge in [0.15, 0.2) is 0 Å². The molecule has 24 heavy (non-hydrogen) atoms. The minimum Gasteiger partial charge on any atom is -0.349 e. The van der Waals surface area contributed by atoms with Gasteiger partial charge in [-0.25, -0.2) is 5.43 Å². The average molecular weight is 342 g/mol. The minimum absolute atomic E-state index is 0.0691. The van der Waals surface area contributed by atoms with Gasteiger partial charge in [-0.3, -0.25) is 10.2 Å². The molecule has 124 valence electrons. The maximum atomic E-state index is 12.9. The number of fused-ring (bicyclic) bond motifs is 1. The molecule has 2 aromatic carbocycles. The second-order valence-electron chi connectivity index (χ2n) is 6.46. The number of aryl methyl sites for hydroxylation is 1. The molecule has 1 heterocycles. The van der Waals surface area contributed by atoms with Crippen molar-refractivity contribution in [2.75, 3.05) is 6.54 Å². The van der Waals surface area contributed by atoms with Gasteiger partial charge in [-0.1, -0.05) is 48.0 Å². The molecule has 3 atom stereocenters. The molecular formula is C19H20ClN3O. The van der Waals surface area contributed by atoms with Gasteiger partial charge in [0.1, 0.15) is 0 Å². The lowest BCUT2D eigenvalue weighted by molar-refractivity contribution is -0.125. The van der Waals surface area contributed by atoms with E-state index in [-0.39, 0.29) is 23.9 Å². The van der Waals surface area contributed by atoms with E-state index < -0.39 is 0 Å². The van der Waals surface area contributed by atoms with E-state index in [0.29, 0.717) is 11.6 Å². The topological polar surface area (TPSA) is 53.2 Å². The smallest absolute Gasteiger partial charge is 0.226 e. The molecule has 0 radical (unpaired) electrons. The van der Waals surface area contributed by atoms with Crippen LogP contribution in [-0.4, -0.2) is 12.5 Å². The molecule has 1 aliphatic heterocycles. The van der Waals surface area contributed by atoms with E-state index in [1.165, 1.54) is 11.1 Å². The molecule has 5 heteroatoms. The van der Waals surface area contributed by atoms with Crippen molar-refractivity contribution in [3.05, 3.63) is 70.2 Å². The molecule has 0 spiro atoms. The van der Waals surface area contributed by atoms with Gasteiger partial charge in [-0.05, 0) is 41.7 Å². The van der Waals surface area contributed by atoms with E-state index in [1.807, 2.05) is 30.3 Å². The highest BCUT2D eigenvalue weighted by molar-refractivity contribution is 6.30. The Morgan fingerprint density at radius 2 is 2.04 bits per heavy atom. The first-order chi connectivity index (χ1) is 11.7. The first-order valence-corrected chi connectivity index (χ1v) is 8.72. The fraction of sp³-hybridized carbons (Fsp3) is 0.316. The number of nitrogens with one attached hydrogen (secondary N) is 3. The van der Waals surface area contributed by atoms with Crippen LogP contribution in [0, 0.1) is 5.92 Å². The molecule has 0 aromatic heterocycles. The largest absolute Gasteiger partial charge is 0.349 e. The molecule has 0 bridgehead atoms. The van der Waals surface area contributed by atoms with E-state index in [9.17, 15) is 4.79 Å². The fourth-order valence-corrected chi connectivity index (χ4v) is 3.94. The number of hydrogen-bond acceptors (Lipinski definition) is 3. The van der Waals surface area contributed by atoms with Crippen LogP contribution in [0.2, 0.25) is 5.02 Å². The number of carbonyl (C=O) groups is 1. The molecule has 2 aromatic rings. The summed E-state index contributed by atoms with van der Waals surface area (Å²) in [6.07, 6.45) is 2.00. The van der Waals surface area contributed by atoms with Gasteiger partial charge in [-0.2, -0.15) is 0 Å². The van der Waals surface area contributed by atoms with Crippen LogP contribution in [0.15, 0.2) is 48.5 Å². The van der Waals surface area contributed by atoms with Crippen LogP contribution < -0.4 is 16.2 Å². The fourth-order valence-electron chi connectivity index (χ4n) is 3.74. The van der Waals surface area contributed by atoms with Crippen LogP contribution in [-0.2, 0) is 11.2 Å². The van der Waals surface area contributed by atoms with Crippen molar-refractivity contribution in [2.24, 2.45) is 5.92 Å². The van der Waals surface area contributed by atoms with Crippen LogP contribution in [0.4, 0.5) is 0 Å². The Morgan fingerprint density at radius 1 is 1.17 bits per heavy atom. The summed E-state index contributed by atoms with van der Waals surface area (Å²) in [5, 5.41) is 3.92. The number of benzene rings is 2. The Bertz CT molecular complexity index is 764. The molecule has 3 unspecified atom stereocenters. The highest BCUT2D eigenvalue weighted by atomic mass is 35.5. The highest BCUT2D eigenvalue weighted by Gasteiger charge is 2.35. The molecule has 1 fully saturated rings. The minimum atomic E-state index is -0.156. The molecule has 2 aliphatic rings. The predicted molar refractivity (Wildman–Crippen MR) is 94.5 cm³/mol. The van der Waals surface area contributed by atoms with Crippen molar-refractivity contribution in [3.8, 4) is 0 Å². The van der Waals surface area contributed by atoms with Crippen LogP contribution >= 0.6 is 11.6 Å². The zero-order chi connectivity index (χ0) is 16.5. The lowest BCUT2D eigenvalue weighted by Crippen LogP contribution is -2.36. The van der Waals surface area contributed by atoms with E-state index in [0.717, 1.165) is 18.4 Å². The number of carbonyl (C=O) groups excluding carboxylic acids is 1. The summed E-state index contributed by atoms with van der Waals surface area (Å²) in [5.41, 5.74) is 9.94. The van der Waals surface area contributed by atoms with Crippen molar-refractivity contribution >= 4 is 17.5 Å². The van der Waals surface area contributed by atoms with Gasteiger partial charge in [0.25, 0.3) is 0 Å². The monoisotopic (exact) mass is 341 g/mol. The Kier molecular flexibility index (Phi) is 4.27. The zero-order valence-electron chi connectivity index (χ0n) is 13.3. The lowest BCUT2D eigenvalue weighted by Gasteiger charge is -2.21. The maximum Gasteiger partial charge on any atom is 0.226 e. The second-order valence-corrected chi connectivity index (χ2v) is 6.90. The van der Waals surface area contributed by atoms with Gasteiger partial charge in [0.2, 0.25) is 5.91 Å². The van der Waals surface area contributed by atoms with E-state index in [4.69, 9.17) is 11.6 Å². The number of rotatable bonds is 3. The van der Waals surface area contributed by atoms with Crippen LogP contribution in [0.5, 0.6) is 0 Å². The van der Waals surface area contributed by atoms with Crippen molar-refractivity contribution < 1.29 is 4.79 Å². The number of hydrogen-bond donors (Lipinski definition) is 3. The van der Waals surface area contributed by atoms with Crippen LogP contribution in [0.1, 0.15) is 35.2 Å². The molecule has 4 rings (SSSR count). The summed E-state index contributed by atoms with van der Waals surface area (Å²) in [6, 6.07) is 16.1. The number of halogens is 1. The first-order valence-electron chi connectivity index (χ1n) is 8.34. The van der Waals surface area contributed by atoms with Gasteiger partial charge in [0, 0.05) is 11.6 Å². The van der Waals surface area contributed by atoms with Crippen molar-refractivity contribution in [3.63, 3.8) is 0 Å². The van der Waals surface area contributed by atoms with Crippen LogP contribution in [0.25, 0.3) is 0 Å². The standard InChI is InChI=1S/C19H20ClN3O/c20-14-6-3-5-13(10-14)18-16(11-21-23-18)19(24)22-17-9-8-12-4-1-2-7-15(12)17/h1-7,10,16-18,21,23H,8-9,11H2,(H,22,24). The van der Waals surface area contributed by atoms with Crippen molar-refractivity contribution in [1.29, 1.82) is 0 Å². The van der Waals surface area contributed by atoms with Crippen molar-refractivity contribution in [2.45, 2.75) is 24.9 Å². The summed E-state index contributed by atoms with van der Waals surface area (Å²) in [6.45, 7) is 0.609. The molecule has 1 aliphatic carbocycles. The van der Waals surface area contributed by atoms with E-state index in [1.54, 1.807) is 0 Å². The van der Waals surface area contributed by atoms with Gasteiger partial charge in [-0.15, -0.1) is 0 Å².